The third kappa shape index (κ3) is 3.66. The van der Waals surface area contributed by atoms with Crippen LogP contribution in [0.1, 0.15) is 48.9 Å². The van der Waals surface area contributed by atoms with E-state index in [1.807, 2.05) is 29.2 Å². The van der Waals surface area contributed by atoms with Crippen LogP contribution in [0.2, 0.25) is 0 Å². The maximum atomic E-state index is 13.5. The van der Waals surface area contributed by atoms with E-state index in [9.17, 15) is 9.59 Å². The van der Waals surface area contributed by atoms with E-state index in [-0.39, 0.29) is 11.3 Å². The van der Waals surface area contributed by atoms with E-state index in [0.717, 1.165) is 51.1 Å². The molecule has 1 spiro atoms. The minimum absolute atomic E-state index is 0.0406. The molecule has 0 bridgehead atoms. The van der Waals surface area contributed by atoms with Crippen LogP contribution in [0, 0.1) is 11.3 Å². The molecule has 152 valence electrons. The Balaban J connectivity index is 1.36. The molecule has 1 saturated carbocycles. The SMILES string of the molecule is O=C1CC[C@@]2(CCCN(C(=O)c3ccccc3-n3cncn3)C2)CN1CC1CC1. The molecule has 3 aliphatic rings. The Morgan fingerprint density at radius 2 is 2.03 bits per heavy atom. The number of rotatable bonds is 4. The van der Waals surface area contributed by atoms with Gasteiger partial charge in [-0.3, -0.25) is 9.59 Å². The zero-order chi connectivity index (χ0) is 19.8. The monoisotopic (exact) mass is 393 g/mol. The molecule has 3 fully saturated rings. The van der Waals surface area contributed by atoms with Gasteiger partial charge >= 0.3 is 0 Å². The number of nitrogens with zero attached hydrogens (tertiary/aromatic N) is 5. The number of carbonyl (C=O) groups is 2. The van der Waals surface area contributed by atoms with Crippen molar-refractivity contribution in [3.8, 4) is 5.69 Å². The van der Waals surface area contributed by atoms with Crippen molar-refractivity contribution < 1.29 is 9.59 Å². The highest BCUT2D eigenvalue weighted by atomic mass is 16.2. The second-order valence-corrected chi connectivity index (χ2v) is 8.91. The highest BCUT2D eigenvalue weighted by Crippen LogP contribution is 2.41. The van der Waals surface area contributed by atoms with Gasteiger partial charge in [-0.1, -0.05) is 12.1 Å². The Hall–Kier alpha value is -2.70. The second-order valence-electron chi connectivity index (χ2n) is 8.91. The maximum Gasteiger partial charge on any atom is 0.256 e. The van der Waals surface area contributed by atoms with Crippen molar-refractivity contribution in [1.82, 2.24) is 24.6 Å². The summed E-state index contributed by atoms with van der Waals surface area (Å²) in [6.07, 6.45) is 9.18. The predicted octanol–water partition coefficient (Wildman–Crippen LogP) is 2.52. The summed E-state index contributed by atoms with van der Waals surface area (Å²) in [7, 11) is 0. The van der Waals surface area contributed by atoms with Gasteiger partial charge in [0.1, 0.15) is 12.7 Å². The highest BCUT2D eigenvalue weighted by molar-refractivity contribution is 5.97. The van der Waals surface area contributed by atoms with Gasteiger partial charge in [0.2, 0.25) is 5.91 Å². The molecule has 2 aliphatic heterocycles. The van der Waals surface area contributed by atoms with Gasteiger partial charge in [-0.15, -0.1) is 0 Å². The summed E-state index contributed by atoms with van der Waals surface area (Å²) in [4.78, 5) is 34.0. The van der Waals surface area contributed by atoms with E-state index < -0.39 is 0 Å². The van der Waals surface area contributed by atoms with Crippen molar-refractivity contribution in [2.45, 2.75) is 38.5 Å². The van der Waals surface area contributed by atoms with E-state index in [2.05, 4.69) is 15.0 Å². The van der Waals surface area contributed by atoms with Gasteiger partial charge in [0.05, 0.1) is 11.3 Å². The first kappa shape index (κ1) is 18.3. The summed E-state index contributed by atoms with van der Waals surface area (Å²) in [6.45, 7) is 3.20. The van der Waals surface area contributed by atoms with Crippen LogP contribution in [-0.4, -0.2) is 62.6 Å². The van der Waals surface area contributed by atoms with Crippen molar-refractivity contribution in [3.05, 3.63) is 42.5 Å². The van der Waals surface area contributed by atoms with Crippen LogP contribution in [0.15, 0.2) is 36.9 Å². The molecule has 2 saturated heterocycles. The van der Waals surface area contributed by atoms with Gasteiger partial charge in [-0.25, -0.2) is 9.67 Å². The van der Waals surface area contributed by atoms with Crippen molar-refractivity contribution in [1.29, 1.82) is 0 Å². The van der Waals surface area contributed by atoms with Crippen molar-refractivity contribution in [3.63, 3.8) is 0 Å². The number of hydrogen-bond acceptors (Lipinski definition) is 4. The normalized spacial score (nSPS) is 24.9. The van der Waals surface area contributed by atoms with E-state index in [1.54, 1.807) is 11.0 Å². The van der Waals surface area contributed by atoms with Crippen LogP contribution in [0.3, 0.4) is 0 Å². The van der Waals surface area contributed by atoms with Crippen LogP contribution in [0.25, 0.3) is 5.69 Å². The van der Waals surface area contributed by atoms with Gasteiger partial charge in [0.25, 0.3) is 5.91 Å². The zero-order valence-electron chi connectivity index (χ0n) is 16.7. The molecule has 0 unspecified atom stereocenters. The molecule has 0 N–H and O–H groups in total. The third-order valence-electron chi connectivity index (χ3n) is 6.67. The van der Waals surface area contributed by atoms with Gasteiger partial charge in [-0.2, -0.15) is 5.10 Å². The van der Waals surface area contributed by atoms with E-state index in [1.165, 1.54) is 19.2 Å². The molecule has 2 amide bonds. The predicted molar refractivity (Wildman–Crippen MR) is 107 cm³/mol. The molecule has 5 rings (SSSR count). The summed E-state index contributed by atoms with van der Waals surface area (Å²) in [5.41, 5.74) is 1.44. The number of hydrogen-bond donors (Lipinski definition) is 0. The number of benzene rings is 1. The van der Waals surface area contributed by atoms with Crippen LogP contribution in [-0.2, 0) is 4.79 Å². The number of carbonyl (C=O) groups excluding carboxylic acids is 2. The molecule has 0 radical (unpaired) electrons. The fourth-order valence-corrected chi connectivity index (χ4v) is 4.95. The lowest BCUT2D eigenvalue weighted by Gasteiger charge is -2.48. The van der Waals surface area contributed by atoms with Crippen molar-refractivity contribution in [2.24, 2.45) is 11.3 Å². The molecule has 7 heteroatoms. The Morgan fingerprint density at radius 1 is 1.17 bits per heavy atom. The van der Waals surface area contributed by atoms with Crippen LogP contribution >= 0.6 is 0 Å². The lowest BCUT2D eigenvalue weighted by molar-refractivity contribution is -0.139. The molecule has 1 aromatic carbocycles. The van der Waals surface area contributed by atoms with Gasteiger partial charge in [0.15, 0.2) is 0 Å². The Labute approximate surface area is 170 Å². The van der Waals surface area contributed by atoms with Crippen molar-refractivity contribution >= 4 is 11.8 Å². The third-order valence-corrected chi connectivity index (χ3v) is 6.67. The summed E-state index contributed by atoms with van der Waals surface area (Å²) < 4.78 is 1.64. The molecular weight excluding hydrogens is 366 g/mol. The maximum absolute atomic E-state index is 13.5. The van der Waals surface area contributed by atoms with Crippen LogP contribution in [0.5, 0.6) is 0 Å². The number of amides is 2. The zero-order valence-corrected chi connectivity index (χ0v) is 16.7. The first-order valence-electron chi connectivity index (χ1n) is 10.6. The van der Waals surface area contributed by atoms with Gasteiger partial charge in [0, 0.05) is 38.0 Å². The van der Waals surface area contributed by atoms with Gasteiger partial charge in [-0.05, 0) is 50.2 Å². The van der Waals surface area contributed by atoms with Crippen LogP contribution in [0.4, 0.5) is 0 Å². The lowest BCUT2D eigenvalue weighted by atomic mass is 9.73. The number of para-hydroxylation sites is 1. The first-order chi connectivity index (χ1) is 14.1. The summed E-state index contributed by atoms with van der Waals surface area (Å²) in [5, 5.41) is 4.20. The largest absolute Gasteiger partial charge is 0.342 e. The molecule has 1 aliphatic carbocycles. The van der Waals surface area contributed by atoms with E-state index in [0.29, 0.717) is 23.8 Å². The van der Waals surface area contributed by atoms with E-state index in [4.69, 9.17) is 0 Å². The summed E-state index contributed by atoms with van der Waals surface area (Å²) in [5.74, 6) is 1.04. The molecule has 1 aromatic heterocycles. The standard InChI is InChI=1S/C22H27N5O2/c28-20-8-10-22(14-26(20)12-17-6-7-17)9-3-11-25(13-22)21(29)18-4-1-2-5-19(18)27-16-23-15-24-27/h1-2,4-5,15-17H,3,6-14H2/t22-/m1/s1. The minimum atomic E-state index is 0.0406. The molecule has 1 atom stereocenters. The minimum Gasteiger partial charge on any atom is -0.342 e. The molecule has 29 heavy (non-hydrogen) atoms. The average molecular weight is 393 g/mol. The second kappa shape index (κ2) is 7.28. The summed E-state index contributed by atoms with van der Waals surface area (Å²) >= 11 is 0. The first-order valence-corrected chi connectivity index (χ1v) is 10.6. The molecular formula is C22H27N5O2. The molecule has 2 aromatic rings. The fraction of sp³-hybridized carbons (Fsp3) is 0.545. The Morgan fingerprint density at radius 3 is 2.83 bits per heavy atom. The average Bonchev–Trinajstić information content (AvgIpc) is 3.39. The Kier molecular flexibility index (Phi) is 4.60. The lowest BCUT2D eigenvalue weighted by Crippen LogP contribution is -2.55. The highest BCUT2D eigenvalue weighted by Gasteiger charge is 2.44. The number of piperidine rings is 2. The Bertz CT molecular complexity index is 908. The van der Waals surface area contributed by atoms with Crippen LogP contribution < -0.4 is 0 Å². The fourth-order valence-electron chi connectivity index (χ4n) is 4.95. The topological polar surface area (TPSA) is 71.3 Å². The quantitative estimate of drug-likeness (QED) is 0.800. The molecule has 7 nitrogen and oxygen atoms in total. The molecule has 3 heterocycles. The smallest absolute Gasteiger partial charge is 0.256 e. The summed E-state index contributed by atoms with van der Waals surface area (Å²) in [6, 6.07) is 7.57. The van der Waals surface area contributed by atoms with Crippen molar-refractivity contribution in [2.75, 3.05) is 26.2 Å². The van der Waals surface area contributed by atoms with Gasteiger partial charge < -0.3 is 9.80 Å². The number of likely N-dealkylation sites (tertiary alicyclic amines) is 2. The number of aromatic nitrogens is 3. The van der Waals surface area contributed by atoms with E-state index >= 15 is 0 Å².